The summed E-state index contributed by atoms with van der Waals surface area (Å²) >= 11 is 1.97. The molecule has 1 fully saturated rings. The minimum atomic E-state index is -0.211. The van der Waals surface area contributed by atoms with Crippen LogP contribution in [0.4, 0.5) is 34.3 Å². The molecule has 0 saturated carbocycles. The molecule has 0 bridgehead atoms. The van der Waals surface area contributed by atoms with Crippen molar-refractivity contribution in [3.8, 4) is 5.75 Å². The summed E-state index contributed by atoms with van der Waals surface area (Å²) in [5.74, 6) is 3.30. The Morgan fingerprint density at radius 3 is 2.62 bits per heavy atom. The Kier molecular flexibility index (Phi) is 7.40. The molecule has 1 aromatic heterocycles. The van der Waals surface area contributed by atoms with E-state index in [9.17, 15) is 4.79 Å². The molecule has 1 saturated heterocycles. The molecule has 1 aliphatic rings. The topological polar surface area (TPSA) is 82.9 Å². The Morgan fingerprint density at radius 2 is 1.88 bits per heavy atom. The normalized spacial score (nSPS) is 13.0. The lowest BCUT2D eigenvalue weighted by Gasteiger charge is -2.29. The van der Waals surface area contributed by atoms with E-state index >= 15 is 0 Å². The van der Waals surface area contributed by atoms with Gasteiger partial charge in [0.15, 0.2) is 0 Å². The Labute approximate surface area is 203 Å². The molecular formula is C25H26N6O2S. The number of anilines is 5. The summed E-state index contributed by atoms with van der Waals surface area (Å²) in [4.78, 5) is 22.6. The number of rotatable bonds is 7. The van der Waals surface area contributed by atoms with Crippen molar-refractivity contribution in [2.75, 3.05) is 54.3 Å². The van der Waals surface area contributed by atoms with Crippen LogP contribution >= 0.6 is 11.8 Å². The van der Waals surface area contributed by atoms with Gasteiger partial charge in [-0.25, -0.2) is 4.85 Å². The van der Waals surface area contributed by atoms with Gasteiger partial charge in [-0.2, -0.15) is 11.8 Å². The van der Waals surface area contributed by atoms with E-state index in [0.717, 1.165) is 36.0 Å². The molecular weight excluding hydrogens is 448 g/mol. The van der Waals surface area contributed by atoms with Crippen LogP contribution < -0.4 is 25.6 Å². The van der Waals surface area contributed by atoms with E-state index < -0.39 is 0 Å². The van der Waals surface area contributed by atoms with Gasteiger partial charge >= 0.3 is 0 Å². The molecule has 4 rings (SSSR count). The molecule has 2 heterocycles. The van der Waals surface area contributed by atoms with Crippen molar-refractivity contribution in [3.05, 3.63) is 71.7 Å². The van der Waals surface area contributed by atoms with Crippen LogP contribution in [0.25, 0.3) is 4.85 Å². The van der Waals surface area contributed by atoms with Crippen LogP contribution in [0.15, 0.2) is 54.7 Å². The highest BCUT2D eigenvalue weighted by molar-refractivity contribution is 7.99. The number of carbonyl (C=O) groups is 1. The molecule has 0 aliphatic carbocycles. The number of ether oxygens (including phenoxy) is 1. The number of nitrogens with one attached hydrogen (secondary N) is 3. The first-order chi connectivity index (χ1) is 16.6. The van der Waals surface area contributed by atoms with Crippen molar-refractivity contribution in [2.45, 2.75) is 0 Å². The van der Waals surface area contributed by atoms with Gasteiger partial charge in [0.2, 0.25) is 5.69 Å². The van der Waals surface area contributed by atoms with Gasteiger partial charge in [0.1, 0.15) is 11.6 Å². The Hall–Kier alpha value is -3.90. The molecule has 2 aromatic carbocycles. The second-order valence-corrected chi connectivity index (χ2v) is 8.78. The molecule has 34 heavy (non-hydrogen) atoms. The predicted molar refractivity (Wildman–Crippen MR) is 139 cm³/mol. The molecule has 3 N–H and O–H groups in total. The highest BCUT2D eigenvalue weighted by Crippen LogP contribution is 2.35. The van der Waals surface area contributed by atoms with E-state index in [1.54, 1.807) is 38.4 Å². The predicted octanol–water partition coefficient (Wildman–Crippen LogP) is 5.04. The molecule has 9 heteroatoms. The second kappa shape index (κ2) is 10.8. The van der Waals surface area contributed by atoms with Gasteiger partial charge < -0.3 is 25.6 Å². The molecule has 1 aliphatic heterocycles. The van der Waals surface area contributed by atoms with Gasteiger partial charge in [-0.3, -0.25) is 9.78 Å². The van der Waals surface area contributed by atoms with Gasteiger partial charge in [-0.1, -0.05) is 12.1 Å². The molecule has 1 amide bonds. The van der Waals surface area contributed by atoms with Crippen LogP contribution in [0.3, 0.4) is 0 Å². The zero-order valence-corrected chi connectivity index (χ0v) is 19.9. The number of aromatic nitrogens is 1. The minimum absolute atomic E-state index is 0.211. The van der Waals surface area contributed by atoms with E-state index in [4.69, 9.17) is 11.3 Å². The first kappa shape index (κ1) is 23.3. The standard InChI is InChI=1S/C25H26N6O2S/c1-26-22-16-28-24(15-21(22)29-19-7-5-4-6-18(19)25(32)27-2)30-20-9-8-17(14-23(20)33-3)31-10-12-34-13-11-31/h4-9,14-16H,10-13H2,2-3H3,(H,27,32)(H2,28,29,30). The lowest BCUT2D eigenvalue weighted by Crippen LogP contribution is -2.32. The highest BCUT2D eigenvalue weighted by atomic mass is 32.2. The zero-order valence-electron chi connectivity index (χ0n) is 19.1. The number of nitrogens with zero attached hydrogens (tertiary/aromatic N) is 3. The monoisotopic (exact) mass is 474 g/mol. The molecule has 0 atom stereocenters. The summed E-state index contributed by atoms with van der Waals surface area (Å²) < 4.78 is 5.64. The van der Waals surface area contributed by atoms with Crippen LogP contribution in [0, 0.1) is 6.57 Å². The van der Waals surface area contributed by atoms with Crippen molar-refractivity contribution >= 4 is 51.9 Å². The summed E-state index contributed by atoms with van der Waals surface area (Å²) in [5, 5.41) is 9.16. The maximum absolute atomic E-state index is 12.2. The van der Waals surface area contributed by atoms with Gasteiger partial charge in [0, 0.05) is 55.3 Å². The van der Waals surface area contributed by atoms with Gasteiger partial charge in [0.05, 0.1) is 30.6 Å². The summed E-state index contributed by atoms with van der Waals surface area (Å²) in [6.45, 7) is 9.56. The van der Waals surface area contributed by atoms with Crippen LogP contribution in [0.5, 0.6) is 5.75 Å². The molecule has 0 unspecified atom stereocenters. The average molecular weight is 475 g/mol. The number of methoxy groups -OCH3 is 1. The Morgan fingerprint density at radius 1 is 1.09 bits per heavy atom. The van der Waals surface area contributed by atoms with Crippen LogP contribution in [-0.4, -0.2) is 49.6 Å². The minimum Gasteiger partial charge on any atom is -0.494 e. The fraction of sp³-hybridized carbons (Fsp3) is 0.240. The number of para-hydroxylation sites is 1. The van der Waals surface area contributed by atoms with E-state index in [1.807, 2.05) is 30.0 Å². The third-order valence-electron chi connectivity index (χ3n) is 5.50. The van der Waals surface area contributed by atoms with Crippen LogP contribution in [-0.2, 0) is 0 Å². The quantitative estimate of drug-likeness (QED) is 0.414. The summed E-state index contributed by atoms with van der Waals surface area (Å²) in [7, 11) is 3.23. The molecule has 174 valence electrons. The maximum atomic E-state index is 12.2. The SMILES string of the molecule is [C-]#[N+]c1cnc(Nc2ccc(N3CCSCC3)cc2OC)cc1Nc1ccccc1C(=O)NC. The molecule has 8 nitrogen and oxygen atoms in total. The first-order valence-electron chi connectivity index (χ1n) is 10.9. The van der Waals surface area contributed by atoms with Crippen molar-refractivity contribution < 1.29 is 9.53 Å². The van der Waals surface area contributed by atoms with Crippen LogP contribution in [0.2, 0.25) is 0 Å². The van der Waals surface area contributed by atoms with Gasteiger partial charge in [0.25, 0.3) is 5.91 Å². The van der Waals surface area contributed by atoms with Crippen molar-refractivity contribution in [1.82, 2.24) is 10.3 Å². The number of carbonyl (C=O) groups excluding carboxylic acids is 1. The van der Waals surface area contributed by atoms with Crippen molar-refractivity contribution in [2.24, 2.45) is 0 Å². The average Bonchev–Trinajstić information content (AvgIpc) is 2.89. The lowest BCUT2D eigenvalue weighted by molar-refractivity contribution is 0.0964. The number of amides is 1. The summed E-state index contributed by atoms with van der Waals surface area (Å²) in [6, 6.07) is 15.0. The number of hydrogen-bond acceptors (Lipinski definition) is 7. The maximum Gasteiger partial charge on any atom is 0.253 e. The zero-order chi connectivity index (χ0) is 23.9. The summed E-state index contributed by atoms with van der Waals surface area (Å²) in [5.41, 5.74) is 3.89. The van der Waals surface area contributed by atoms with Crippen molar-refractivity contribution in [1.29, 1.82) is 0 Å². The number of pyridine rings is 1. The Balaban J connectivity index is 1.60. The van der Waals surface area contributed by atoms with Crippen LogP contribution in [0.1, 0.15) is 10.4 Å². The summed E-state index contributed by atoms with van der Waals surface area (Å²) in [6.07, 6.45) is 1.51. The van der Waals surface area contributed by atoms with Gasteiger partial charge in [-0.05, 0) is 30.3 Å². The third-order valence-corrected chi connectivity index (χ3v) is 6.44. The van der Waals surface area contributed by atoms with E-state index in [0.29, 0.717) is 34.2 Å². The fourth-order valence-electron chi connectivity index (χ4n) is 3.71. The second-order valence-electron chi connectivity index (χ2n) is 7.56. The number of thioether (sulfide) groups is 1. The van der Waals surface area contributed by atoms with E-state index in [-0.39, 0.29) is 5.91 Å². The van der Waals surface area contributed by atoms with E-state index in [2.05, 4.69) is 36.7 Å². The lowest BCUT2D eigenvalue weighted by atomic mass is 10.1. The van der Waals surface area contributed by atoms with Crippen molar-refractivity contribution in [3.63, 3.8) is 0 Å². The number of hydrogen-bond donors (Lipinski definition) is 3. The molecule has 3 aromatic rings. The first-order valence-corrected chi connectivity index (χ1v) is 12.0. The highest BCUT2D eigenvalue weighted by Gasteiger charge is 2.15. The number of benzene rings is 2. The molecule has 0 spiro atoms. The molecule has 0 radical (unpaired) electrons. The van der Waals surface area contributed by atoms with E-state index in [1.165, 1.54) is 6.20 Å². The Bertz CT molecular complexity index is 1220. The smallest absolute Gasteiger partial charge is 0.253 e. The van der Waals surface area contributed by atoms with Gasteiger partial charge in [-0.15, -0.1) is 0 Å². The fourth-order valence-corrected chi connectivity index (χ4v) is 4.62. The third kappa shape index (κ3) is 5.18. The largest absolute Gasteiger partial charge is 0.494 e.